The Morgan fingerprint density at radius 2 is 1.33 bits per heavy atom. The third kappa shape index (κ3) is 3.01. The highest BCUT2D eigenvalue weighted by atomic mass is 127. The minimum Gasteiger partial charge on any atom is -0.337 e. The van der Waals surface area contributed by atoms with Crippen LogP contribution in [0.3, 0.4) is 0 Å². The Kier molecular flexibility index (Phi) is 4.63. The molecular formula is C16H12I2O3. The molecule has 3 nitrogen and oxygen atoms in total. The van der Waals surface area contributed by atoms with Crippen LogP contribution in [0.5, 0.6) is 0 Å². The lowest BCUT2D eigenvalue weighted by Crippen LogP contribution is -2.37. The fourth-order valence-corrected chi connectivity index (χ4v) is 3.02. The highest BCUT2D eigenvalue weighted by Gasteiger charge is 2.46. The summed E-state index contributed by atoms with van der Waals surface area (Å²) in [4.78, 5) is 12.9. The predicted molar refractivity (Wildman–Crippen MR) is 96.2 cm³/mol. The van der Waals surface area contributed by atoms with Crippen LogP contribution in [0.4, 0.5) is 0 Å². The fourth-order valence-electron chi connectivity index (χ4n) is 2.30. The first kappa shape index (κ1) is 15.4. The van der Waals surface area contributed by atoms with Crippen LogP contribution in [-0.4, -0.2) is 19.0 Å². The Morgan fingerprint density at radius 3 is 1.86 bits per heavy atom. The van der Waals surface area contributed by atoms with Crippen molar-refractivity contribution in [2.75, 3.05) is 13.2 Å². The average Bonchev–Trinajstić information content (AvgIpc) is 2.99. The smallest absolute Gasteiger partial charge is 0.261 e. The zero-order valence-corrected chi connectivity index (χ0v) is 15.3. The first-order valence-electron chi connectivity index (χ1n) is 6.46. The van der Waals surface area contributed by atoms with Gasteiger partial charge in [0, 0.05) is 18.3 Å². The number of ketones is 1. The molecular weight excluding hydrogens is 494 g/mol. The van der Waals surface area contributed by atoms with E-state index in [0.29, 0.717) is 18.8 Å². The molecule has 0 saturated carbocycles. The van der Waals surface area contributed by atoms with Crippen molar-refractivity contribution in [1.82, 2.24) is 0 Å². The van der Waals surface area contributed by atoms with Gasteiger partial charge in [0.15, 0.2) is 0 Å². The monoisotopic (exact) mass is 506 g/mol. The minimum atomic E-state index is -1.31. The van der Waals surface area contributed by atoms with E-state index in [1.807, 2.05) is 48.5 Å². The number of carbonyl (C=O) groups is 1. The number of rotatable bonds is 3. The highest BCUT2D eigenvalue weighted by Crippen LogP contribution is 2.35. The largest absolute Gasteiger partial charge is 0.337 e. The standard InChI is InChI=1S/C16H12I2O3/c17-13-5-1-11(2-6-13)15(19)16(20-9-10-21-16)12-3-7-14(18)8-4-12/h1-8H,9-10H2. The van der Waals surface area contributed by atoms with Crippen molar-refractivity contribution in [3.63, 3.8) is 0 Å². The number of ether oxygens (including phenoxy) is 2. The summed E-state index contributed by atoms with van der Waals surface area (Å²) in [5.74, 6) is -1.46. The number of hydrogen-bond acceptors (Lipinski definition) is 3. The van der Waals surface area contributed by atoms with E-state index in [-0.39, 0.29) is 5.78 Å². The lowest BCUT2D eigenvalue weighted by molar-refractivity contribution is -0.126. The Labute approximate surface area is 150 Å². The highest BCUT2D eigenvalue weighted by molar-refractivity contribution is 14.1. The molecule has 5 heteroatoms. The third-order valence-corrected chi connectivity index (χ3v) is 4.76. The van der Waals surface area contributed by atoms with Gasteiger partial charge in [-0.05, 0) is 69.4 Å². The molecule has 1 aliphatic rings. The molecule has 0 spiro atoms. The summed E-state index contributed by atoms with van der Waals surface area (Å²) < 4.78 is 13.7. The average molecular weight is 506 g/mol. The van der Waals surface area contributed by atoms with Crippen molar-refractivity contribution < 1.29 is 14.3 Å². The molecule has 2 aromatic carbocycles. The fraction of sp³-hybridized carbons (Fsp3) is 0.188. The Bertz CT molecular complexity index is 644. The van der Waals surface area contributed by atoms with Gasteiger partial charge in [0.1, 0.15) is 0 Å². The quantitative estimate of drug-likeness (QED) is 0.467. The van der Waals surface area contributed by atoms with Crippen molar-refractivity contribution in [2.24, 2.45) is 0 Å². The van der Waals surface area contributed by atoms with E-state index in [4.69, 9.17) is 9.47 Å². The molecule has 0 bridgehead atoms. The molecule has 0 amide bonds. The van der Waals surface area contributed by atoms with Crippen molar-refractivity contribution >= 4 is 51.0 Å². The van der Waals surface area contributed by atoms with E-state index in [1.165, 1.54) is 0 Å². The first-order chi connectivity index (χ1) is 10.1. The topological polar surface area (TPSA) is 35.5 Å². The molecule has 1 aliphatic heterocycles. The van der Waals surface area contributed by atoms with Gasteiger partial charge >= 0.3 is 0 Å². The Hall–Kier alpha value is -0.510. The van der Waals surface area contributed by atoms with E-state index in [1.54, 1.807) is 0 Å². The van der Waals surface area contributed by atoms with Crippen LogP contribution in [-0.2, 0) is 15.3 Å². The van der Waals surface area contributed by atoms with Gasteiger partial charge in [-0.15, -0.1) is 0 Å². The zero-order valence-electron chi connectivity index (χ0n) is 11.0. The van der Waals surface area contributed by atoms with Crippen molar-refractivity contribution in [2.45, 2.75) is 5.79 Å². The summed E-state index contributed by atoms with van der Waals surface area (Å²) in [6, 6.07) is 15.1. The lowest BCUT2D eigenvalue weighted by atomic mass is 9.96. The number of carbonyl (C=O) groups excluding carboxylic acids is 1. The van der Waals surface area contributed by atoms with E-state index >= 15 is 0 Å². The maximum atomic E-state index is 12.9. The SMILES string of the molecule is O=C(c1ccc(I)cc1)C1(c2ccc(I)cc2)OCCO1. The molecule has 1 saturated heterocycles. The summed E-state index contributed by atoms with van der Waals surface area (Å²) in [6.07, 6.45) is 0. The second kappa shape index (κ2) is 6.31. The summed E-state index contributed by atoms with van der Waals surface area (Å²) in [6.45, 7) is 0.837. The Balaban J connectivity index is 2.02. The maximum absolute atomic E-state index is 12.9. The molecule has 1 heterocycles. The number of hydrogen-bond donors (Lipinski definition) is 0. The van der Waals surface area contributed by atoms with Crippen molar-refractivity contribution in [3.8, 4) is 0 Å². The molecule has 0 atom stereocenters. The van der Waals surface area contributed by atoms with E-state index in [2.05, 4.69) is 45.2 Å². The molecule has 0 N–H and O–H groups in total. The summed E-state index contributed by atoms with van der Waals surface area (Å²) in [5.41, 5.74) is 1.33. The second-order valence-electron chi connectivity index (χ2n) is 4.66. The van der Waals surface area contributed by atoms with Gasteiger partial charge in [-0.1, -0.05) is 24.3 Å². The van der Waals surface area contributed by atoms with Gasteiger partial charge in [-0.2, -0.15) is 0 Å². The number of benzene rings is 2. The van der Waals surface area contributed by atoms with E-state index < -0.39 is 5.79 Å². The lowest BCUT2D eigenvalue weighted by Gasteiger charge is -2.26. The molecule has 3 rings (SSSR count). The molecule has 0 aromatic heterocycles. The normalized spacial score (nSPS) is 16.9. The van der Waals surface area contributed by atoms with Crippen LogP contribution in [0.15, 0.2) is 48.5 Å². The van der Waals surface area contributed by atoms with Crippen LogP contribution < -0.4 is 0 Å². The molecule has 0 unspecified atom stereocenters. The minimum absolute atomic E-state index is 0.155. The van der Waals surface area contributed by atoms with E-state index in [0.717, 1.165) is 12.7 Å². The van der Waals surface area contributed by atoms with Gasteiger partial charge in [0.2, 0.25) is 5.78 Å². The molecule has 0 radical (unpaired) electrons. The summed E-state index contributed by atoms with van der Waals surface area (Å²) in [7, 11) is 0. The van der Waals surface area contributed by atoms with Crippen LogP contribution in [0.25, 0.3) is 0 Å². The van der Waals surface area contributed by atoms with Crippen molar-refractivity contribution in [1.29, 1.82) is 0 Å². The molecule has 108 valence electrons. The summed E-state index contributed by atoms with van der Waals surface area (Å²) in [5, 5.41) is 0. The maximum Gasteiger partial charge on any atom is 0.261 e. The predicted octanol–water partition coefficient (Wildman–Crippen LogP) is 3.98. The molecule has 21 heavy (non-hydrogen) atoms. The van der Waals surface area contributed by atoms with E-state index in [9.17, 15) is 4.79 Å². The van der Waals surface area contributed by atoms with Gasteiger partial charge in [0.05, 0.1) is 13.2 Å². The van der Waals surface area contributed by atoms with Crippen LogP contribution >= 0.6 is 45.2 Å². The first-order valence-corrected chi connectivity index (χ1v) is 8.62. The molecule has 1 fully saturated rings. The van der Waals surface area contributed by atoms with Crippen LogP contribution in [0, 0.1) is 7.14 Å². The van der Waals surface area contributed by atoms with Crippen LogP contribution in [0.1, 0.15) is 15.9 Å². The van der Waals surface area contributed by atoms with Gasteiger partial charge in [-0.25, -0.2) is 0 Å². The van der Waals surface area contributed by atoms with Crippen molar-refractivity contribution in [3.05, 3.63) is 66.8 Å². The summed E-state index contributed by atoms with van der Waals surface area (Å²) >= 11 is 4.44. The van der Waals surface area contributed by atoms with Gasteiger partial charge in [-0.3, -0.25) is 4.79 Å². The Morgan fingerprint density at radius 1 is 0.857 bits per heavy atom. The second-order valence-corrected chi connectivity index (χ2v) is 7.15. The van der Waals surface area contributed by atoms with Gasteiger partial charge in [0.25, 0.3) is 5.79 Å². The zero-order chi connectivity index (χ0) is 14.9. The third-order valence-electron chi connectivity index (χ3n) is 3.32. The van der Waals surface area contributed by atoms with Gasteiger partial charge < -0.3 is 9.47 Å². The van der Waals surface area contributed by atoms with Crippen LogP contribution in [0.2, 0.25) is 0 Å². The molecule has 2 aromatic rings. The number of Topliss-reactive ketones (excluding diaryl/α,β-unsaturated/α-hetero) is 1. The number of halogens is 2. The molecule has 0 aliphatic carbocycles.